The van der Waals surface area contributed by atoms with E-state index >= 15 is 0 Å². The first-order valence-corrected chi connectivity index (χ1v) is 5.49. The molecule has 1 aromatic heterocycles. The van der Waals surface area contributed by atoms with Crippen molar-refractivity contribution >= 4 is 0 Å². The highest BCUT2D eigenvalue weighted by Gasteiger charge is 2.27. The van der Waals surface area contributed by atoms with Gasteiger partial charge < -0.3 is 10.7 Å². The summed E-state index contributed by atoms with van der Waals surface area (Å²) in [6, 6.07) is 0.122. The molecule has 78 valence electrons. The van der Waals surface area contributed by atoms with Crippen molar-refractivity contribution in [3.8, 4) is 0 Å². The van der Waals surface area contributed by atoms with Crippen LogP contribution in [0.15, 0.2) is 6.20 Å². The second-order valence-electron chi connectivity index (χ2n) is 4.60. The Kier molecular flexibility index (Phi) is 2.59. The standard InChI is InChI=1S/C11H19N3/c1-7(2)9-6-13-11(14-9)10(12)8-4-3-5-8/h6-8,10H,3-5,12H2,1-2H3,(H,13,14). The SMILES string of the molecule is CC(C)c1cnc(C(N)C2CCC2)[nH]1. The Balaban J connectivity index is 2.07. The fraction of sp³-hybridized carbons (Fsp3) is 0.727. The van der Waals surface area contributed by atoms with E-state index in [-0.39, 0.29) is 6.04 Å². The Hall–Kier alpha value is -0.830. The highest BCUT2D eigenvalue weighted by Crippen LogP contribution is 2.35. The molecule has 3 heteroatoms. The fourth-order valence-electron chi connectivity index (χ4n) is 1.84. The van der Waals surface area contributed by atoms with E-state index in [0.717, 1.165) is 5.82 Å². The monoisotopic (exact) mass is 193 g/mol. The van der Waals surface area contributed by atoms with Gasteiger partial charge in [-0.25, -0.2) is 4.98 Å². The molecule has 0 amide bonds. The van der Waals surface area contributed by atoms with Crippen LogP contribution in [-0.2, 0) is 0 Å². The van der Waals surface area contributed by atoms with E-state index in [1.165, 1.54) is 25.0 Å². The lowest BCUT2D eigenvalue weighted by molar-refractivity contribution is 0.258. The third-order valence-electron chi connectivity index (χ3n) is 3.21. The number of nitrogens with one attached hydrogen (secondary N) is 1. The molecule has 14 heavy (non-hydrogen) atoms. The van der Waals surface area contributed by atoms with Crippen molar-refractivity contribution in [3.63, 3.8) is 0 Å². The Labute approximate surface area is 85.1 Å². The maximum Gasteiger partial charge on any atom is 0.123 e. The number of aromatic nitrogens is 2. The number of rotatable bonds is 3. The molecular weight excluding hydrogens is 174 g/mol. The molecule has 3 N–H and O–H groups in total. The van der Waals surface area contributed by atoms with Gasteiger partial charge in [0.1, 0.15) is 5.82 Å². The van der Waals surface area contributed by atoms with Crippen LogP contribution in [0.5, 0.6) is 0 Å². The van der Waals surface area contributed by atoms with E-state index in [2.05, 4.69) is 23.8 Å². The highest BCUT2D eigenvalue weighted by atomic mass is 15.0. The largest absolute Gasteiger partial charge is 0.344 e. The predicted molar refractivity (Wildman–Crippen MR) is 56.9 cm³/mol. The molecule has 0 spiro atoms. The number of H-pyrrole nitrogens is 1. The van der Waals surface area contributed by atoms with Gasteiger partial charge in [0.2, 0.25) is 0 Å². The molecule has 2 rings (SSSR count). The van der Waals surface area contributed by atoms with Crippen LogP contribution in [-0.4, -0.2) is 9.97 Å². The zero-order valence-electron chi connectivity index (χ0n) is 8.96. The van der Waals surface area contributed by atoms with Crippen molar-refractivity contribution in [3.05, 3.63) is 17.7 Å². The van der Waals surface area contributed by atoms with Crippen LogP contribution in [0.2, 0.25) is 0 Å². The van der Waals surface area contributed by atoms with Crippen molar-refractivity contribution in [1.29, 1.82) is 0 Å². The van der Waals surface area contributed by atoms with E-state index < -0.39 is 0 Å². The van der Waals surface area contributed by atoms with Gasteiger partial charge in [0.05, 0.1) is 6.04 Å². The van der Waals surface area contributed by atoms with Gasteiger partial charge >= 0.3 is 0 Å². The summed E-state index contributed by atoms with van der Waals surface area (Å²) in [6.07, 6.45) is 5.77. The summed E-state index contributed by atoms with van der Waals surface area (Å²) in [5.41, 5.74) is 7.31. The van der Waals surface area contributed by atoms with Crippen LogP contribution in [0.1, 0.15) is 56.6 Å². The van der Waals surface area contributed by atoms with Gasteiger partial charge in [-0.15, -0.1) is 0 Å². The topological polar surface area (TPSA) is 54.7 Å². The van der Waals surface area contributed by atoms with Crippen molar-refractivity contribution in [2.24, 2.45) is 11.7 Å². The minimum atomic E-state index is 0.122. The van der Waals surface area contributed by atoms with Gasteiger partial charge in [-0.05, 0) is 24.7 Å². The van der Waals surface area contributed by atoms with E-state index in [0.29, 0.717) is 11.8 Å². The number of aromatic amines is 1. The van der Waals surface area contributed by atoms with E-state index in [4.69, 9.17) is 5.73 Å². The van der Waals surface area contributed by atoms with Crippen LogP contribution in [0.25, 0.3) is 0 Å². The third-order valence-corrected chi connectivity index (χ3v) is 3.21. The smallest absolute Gasteiger partial charge is 0.123 e. The maximum absolute atomic E-state index is 6.12. The summed E-state index contributed by atoms with van der Waals surface area (Å²) >= 11 is 0. The summed E-state index contributed by atoms with van der Waals surface area (Å²) in [6.45, 7) is 4.32. The molecular formula is C11H19N3. The molecule has 0 aromatic carbocycles. The van der Waals surface area contributed by atoms with Gasteiger partial charge in [0.15, 0.2) is 0 Å². The van der Waals surface area contributed by atoms with Crippen molar-refractivity contribution < 1.29 is 0 Å². The molecule has 0 aliphatic heterocycles. The number of hydrogen-bond acceptors (Lipinski definition) is 2. The first-order chi connectivity index (χ1) is 6.68. The lowest BCUT2D eigenvalue weighted by Crippen LogP contribution is -2.27. The molecule has 1 unspecified atom stereocenters. The molecule has 1 heterocycles. The molecule has 1 aromatic rings. The zero-order chi connectivity index (χ0) is 10.1. The average molecular weight is 193 g/mol. The summed E-state index contributed by atoms with van der Waals surface area (Å²) in [7, 11) is 0. The van der Waals surface area contributed by atoms with Gasteiger partial charge in [-0.3, -0.25) is 0 Å². The molecule has 1 fully saturated rings. The summed E-state index contributed by atoms with van der Waals surface area (Å²) < 4.78 is 0. The molecule has 1 aliphatic rings. The Bertz CT molecular complexity index is 299. The lowest BCUT2D eigenvalue weighted by atomic mass is 9.80. The molecule has 0 radical (unpaired) electrons. The number of imidazole rings is 1. The van der Waals surface area contributed by atoms with Crippen molar-refractivity contribution in [1.82, 2.24) is 9.97 Å². The Morgan fingerprint density at radius 3 is 2.64 bits per heavy atom. The van der Waals surface area contributed by atoms with Crippen LogP contribution in [0, 0.1) is 5.92 Å². The first kappa shape index (κ1) is 9.71. The van der Waals surface area contributed by atoms with E-state index in [1.54, 1.807) is 0 Å². The summed E-state index contributed by atoms with van der Waals surface area (Å²) in [5, 5.41) is 0. The van der Waals surface area contributed by atoms with Crippen molar-refractivity contribution in [2.75, 3.05) is 0 Å². The van der Waals surface area contributed by atoms with Crippen molar-refractivity contribution in [2.45, 2.75) is 45.1 Å². The third kappa shape index (κ3) is 1.69. The first-order valence-electron chi connectivity index (χ1n) is 5.49. The molecule has 0 saturated heterocycles. The number of nitrogens with two attached hydrogens (primary N) is 1. The maximum atomic E-state index is 6.12. The second-order valence-corrected chi connectivity index (χ2v) is 4.60. The van der Waals surface area contributed by atoms with Crippen LogP contribution in [0.4, 0.5) is 0 Å². The van der Waals surface area contributed by atoms with Gasteiger partial charge in [-0.2, -0.15) is 0 Å². The van der Waals surface area contributed by atoms with Gasteiger partial charge in [-0.1, -0.05) is 20.3 Å². The Morgan fingerprint density at radius 1 is 1.50 bits per heavy atom. The van der Waals surface area contributed by atoms with Crippen LogP contribution in [0.3, 0.4) is 0 Å². The van der Waals surface area contributed by atoms with Crippen LogP contribution < -0.4 is 5.73 Å². The molecule has 0 bridgehead atoms. The number of nitrogens with zero attached hydrogens (tertiary/aromatic N) is 1. The average Bonchev–Trinajstić information content (AvgIpc) is 2.48. The summed E-state index contributed by atoms with van der Waals surface area (Å²) in [4.78, 5) is 7.69. The van der Waals surface area contributed by atoms with Crippen LogP contribution >= 0.6 is 0 Å². The second kappa shape index (κ2) is 3.73. The summed E-state index contributed by atoms with van der Waals surface area (Å²) in [5.74, 6) is 2.13. The predicted octanol–water partition coefficient (Wildman–Crippen LogP) is 2.33. The van der Waals surface area contributed by atoms with Gasteiger partial charge in [0.25, 0.3) is 0 Å². The Morgan fingerprint density at radius 2 is 2.21 bits per heavy atom. The minimum Gasteiger partial charge on any atom is -0.344 e. The minimum absolute atomic E-state index is 0.122. The van der Waals surface area contributed by atoms with Gasteiger partial charge in [0, 0.05) is 11.9 Å². The molecule has 1 saturated carbocycles. The lowest BCUT2D eigenvalue weighted by Gasteiger charge is -2.29. The molecule has 1 aliphatic carbocycles. The normalized spacial score (nSPS) is 19.7. The number of hydrogen-bond donors (Lipinski definition) is 2. The van der Waals surface area contributed by atoms with E-state index in [9.17, 15) is 0 Å². The fourth-order valence-corrected chi connectivity index (χ4v) is 1.84. The zero-order valence-corrected chi connectivity index (χ0v) is 8.96. The highest BCUT2D eigenvalue weighted by molar-refractivity contribution is 5.09. The molecule has 3 nitrogen and oxygen atoms in total. The quantitative estimate of drug-likeness (QED) is 0.774. The van der Waals surface area contributed by atoms with E-state index in [1.807, 2.05) is 6.20 Å². The molecule has 1 atom stereocenters.